The first kappa shape index (κ1) is 20.9. The van der Waals surface area contributed by atoms with Crippen LogP contribution in [0.3, 0.4) is 0 Å². The van der Waals surface area contributed by atoms with Crippen LogP contribution >= 0.6 is 11.3 Å². The largest absolute Gasteiger partial charge is 0.495 e. The van der Waals surface area contributed by atoms with Gasteiger partial charge in [-0.05, 0) is 24.1 Å². The lowest BCUT2D eigenvalue weighted by Crippen LogP contribution is -2.33. The summed E-state index contributed by atoms with van der Waals surface area (Å²) in [4.78, 5) is 23.9. The number of benzene rings is 2. The molecule has 0 saturated heterocycles. The highest BCUT2D eigenvalue weighted by molar-refractivity contribution is 7.22. The number of carbonyl (C=O) groups is 1. The van der Waals surface area contributed by atoms with Crippen LogP contribution in [0.2, 0.25) is 0 Å². The summed E-state index contributed by atoms with van der Waals surface area (Å²) < 4.78 is 13.9. The van der Waals surface area contributed by atoms with E-state index in [1.165, 1.54) is 11.3 Å². The van der Waals surface area contributed by atoms with E-state index in [1.54, 1.807) is 31.6 Å². The van der Waals surface area contributed by atoms with Gasteiger partial charge >= 0.3 is 0 Å². The minimum atomic E-state index is 0.00817. The number of aromatic nitrogens is 3. The molecule has 2 heterocycles. The number of ether oxygens (including phenoxy) is 2. The molecule has 0 bridgehead atoms. The molecule has 2 aromatic heterocycles. The lowest BCUT2D eigenvalue weighted by Gasteiger charge is -2.20. The molecule has 0 fully saturated rings. The SMILES string of the molecule is COc1ccc(OC)c2sc(N(CCCn3ccnc3)C(=O)Cc3ccccc3)nc12. The Balaban J connectivity index is 1.64. The van der Waals surface area contributed by atoms with E-state index in [4.69, 9.17) is 14.5 Å². The summed E-state index contributed by atoms with van der Waals surface area (Å²) >= 11 is 1.44. The second kappa shape index (κ2) is 9.61. The number of amides is 1. The second-order valence-corrected chi connectivity index (χ2v) is 7.98. The number of thiazole rings is 1. The van der Waals surface area contributed by atoms with Crippen LogP contribution in [0.25, 0.3) is 10.2 Å². The van der Waals surface area contributed by atoms with Crippen molar-refractivity contribution in [1.82, 2.24) is 14.5 Å². The lowest BCUT2D eigenvalue weighted by molar-refractivity contribution is -0.118. The van der Waals surface area contributed by atoms with E-state index in [2.05, 4.69) is 4.98 Å². The summed E-state index contributed by atoms with van der Waals surface area (Å²) in [6.45, 7) is 1.32. The Hall–Kier alpha value is -3.39. The smallest absolute Gasteiger partial charge is 0.233 e. The van der Waals surface area contributed by atoms with Gasteiger partial charge in [0.15, 0.2) is 5.13 Å². The number of hydrogen-bond acceptors (Lipinski definition) is 6. The van der Waals surface area contributed by atoms with Crippen LogP contribution in [-0.4, -0.2) is 41.2 Å². The van der Waals surface area contributed by atoms with Crippen LogP contribution in [0.4, 0.5) is 5.13 Å². The summed E-state index contributed by atoms with van der Waals surface area (Å²) in [7, 11) is 3.24. The number of anilines is 1. The molecule has 0 spiro atoms. The van der Waals surface area contributed by atoms with Gasteiger partial charge in [-0.2, -0.15) is 0 Å². The van der Waals surface area contributed by atoms with Gasteiger partial charge in [0, 0.05) is 25.5 Å². The highest BCUT2D eigenvalue weighted by Gasteiger charge is 2.22. The second-order valence-electron chi connectivity index (χ2n) is 7.01. The maximum Gasteiger partial charge on any atom is 0.233 e. The number of methoxy groups -OCH3 is 2. The highest BCUT2D eigenvalue weighted by atomic mass is 32.1. The molecule has 0 aliphatic heterocycles. The molecule has 0 unspecified atom stereocenters. The number of imidazole rings is 1. The number of rotatable bonds is 9. The molecule has 31 heavy (non-hydrogen) atoms. The van der Waals surface area contributed by atoms with Gasteiger partial charge in [0.2, 0.25) is 5.91 Å². The standard InChI is InChI=1S/C23H24N4O3S/c1-29-18-9-10-19(30-2)22-21(18)25-23(31-22)27(13-6-12-26-14-11-24-16-26)20(28)15-17-7-4-3-5-8-17/h3-5,7-11,14,16H,6,12-13,15H2,1-2H3. The van der Waals surface area contributed by atoms with Crippen molar-refractivity contribution < 1.29 is 14.3 Å². The lowest BCUT2D eigenvalue weighted by atomic mass is 10.1. The predicted molar refractivity (Wildman–Crippen MR) is 122 cm³/mol. The molecule has 8 heteroatoms. The zero-order valence-electron chi connectivity index (χ0n) is 17.5. The Morgan fingerprint density at radius 1 is 1.10 bits per heavy atom. The Morgan fingerprint density at radius 2 is 1.87 bits per heavy atom. The van der Waals surface area contributed by atoms with E-state index in [0.29, 0.717) is 35.1 Å². The normalized spacial score (nSPS) is 10.9. The van der Waals surface area contributed by atoms with Crippen molar-refractivity contribution in [1.29, 1.82) is 0 Å². The fourth-order valence-electron chi connectivity index (χ4n) is 3.41. The third-order valence-corrected chi connectivity index (χ3v) is 6.08. The van der Waals surface area contributed by atoms with Crippen LogP contribution in [0, 0.1) is 0 Å². The van der Waals surface area contributed by atoms with Crippen molar-refractivity contribution in [3.05, 3.63) is 66.7 Å². The van der Waals surface area contributed by atoms with Gasteiger partial charge in [-0.3, -0.25) is 9.69 Å². The topological polar surface area (TPSA) is 69.5 Å². The van der Waals surface area contributed by atoms with Gasteiger partial charge in [-0.15, -0.1) is 0 Å². The maximum absolute atomic E-state index is 13.3. The molecule has 2 aromatic carbocycles. The summed E-state index contributed by atoms with van der Waals surface area (Å²) in [5, 5.41) is 0.643. The summed E-state index contributed by atoms with van der Waals surface area (Å²) in [6, 6.07) is 13.5. The monoisotopic (exact) mass is 436 g/mol. The molecule has 1 amide bonds. The van der Waals surface area contributed by atoms with Crippen LogP contribution in [0.5, 0.6) is 11.5 Å². The Bertz CT molecular complexity index is 1100. The number of carbonyl (C=O) groups excluding carboxylic acids is 1. The molecule has 0 radical (unpaired) electrons. The van der Waals surface area contributed by atoms with Crippen molar-refractivity contribution in [2.24, 2.45) is 0 Å². The van der Waals surface area contributed by atoms with E-state index < -0.39 is 0 Å². The number of hydrogen-bond donors (Lipinski definition) is 0. The Labute approximate surface area is 184 Å². The van der Waals surface area contributed by atoms with Gasteiger partial charge < -0.3 is 14.0 Å². The average Bonchev–Trinajstić information content (AvgIpc) is 3.46. The third kappa shape index (κ3) is 4.69. The zero-order chi connectivity index (χ0) is 21.6. The summed E-state index contributed by atoms with van der Waals surface area (Å²) in [5.74, 6) is 1.38. The summed E-state index contributed by atoms with van der Waals surface area (Å²) in [6.07, 6.45) is 6.55. The van der Waals surface area contributed by atoms with Crippen molar-refractivity contribution in [3.8, 4) is 11.5 Å². The molecular formula is C23H24N4O3S. The Kier molecular flexibility index (Phi) is 6.47. The molecular weight excluding hydrogens is 412 g/mol. The number of aryl methyl sites for hydroxylation is 1. The fraction of sp³-hybridized carbons (Fsp3) is 0.261. The quantitative estimate of drug-likeness (QED) is 0.394. The molecule has 0 N–H and O–H groups in total. The first-order valence-electron chi connectivity index (χ1n) is 10.0. The predicted octanol–water partition coefficient (Wildman–Crippen LogP) is 4.18. The van der Waals surface area contributed by atoms with E-state index >= 15 is 0 Å². The van der Waals surface area contributed by atoms with Crippen LogP contribution < -0.4 is 14.4 Å². The maximum atomic E-state index is 13.3. The number of fused-ring (bicyclic) bond motifs is 1. The minimum Gasteiger partial charge on any atom is -0.495 e. The third-order valence-electron chi connectivity index (χ3n) is 4.99. The highest BCUT2D eigenvalue weighted by Crippen LogP contribution is 2.40. The molecule has 0 aliphatic carbocycles. The van der Waals surface area contributed by atoms with Crippen molar-refractivity contribution in [2.75, 3.05) is 25.7 Å². The van der Waals surface area contributed by atoms with Gasteiger partial charge in [-0.25, -0.2) is 9.97 Å². The van der Waals surface area contributed by atoms with Crippen LogP contribution in [0.15, 0.2) is 61.2 Å². The van der Waals surface area contributed by atoms with Crippen molar-refractivity contribution >= 4 is 32.6 Å². The molecule has 0 saturated carbocycles. The molecule has 160 valence electrons. The summed E-state index contributed by atoms with van der Waals surface area (Å²) in [5.41, 5.74) is 1.68. The fourth-order valence-corrected chi connectivity index (χ4v) is 4.53. The zero-order valence-corrected chi connectivity index (χ0v) is 18.3. The molecule has 0 aliphatic rings. The van der Waals surface area contributed by atoms with Crippen molar-refractivity contribution in [2.45, 2.75) is 19.4 Å². The minimum absolute atomic E-state index is 0.00817. The Morgan fingerprint density at radius 3 is 2.58 bits per heavy atom. The van der Waals surface area contributed by atoms with E-state index in [0.717, 1.165) is 23.2 Å². The number of nitrogens with zero attached hydrogens (tertiary/aromatic N) is 4. The van der Waals surface area contributed by atoms with Gasteiger partial charge in [-0.1, -0.05) is 41.7 Å². The van der Waals surface area contributed by atoms with Crippen LogP contribution in [0.1, 0.15) is 12.0 Å². The van der Waals surface area contributed by atoms with Crippen LogP contribution in [-0.2, 0) is 17.8 Å². The molecule has 4 aromatic rings. The molecule has 7 nitrogen and oxygen atoms in total. The molecule has 0 atom stereocenters. The van der Waals surface area contributed by atoms with E-state index in [9.17, 15) is 4.79 Å². The van der Waals surface area contributed by atoms with Gasteiger partial charge in [0.25, 0.3) is 0 Å². The van der Waals surface area contributed by atoms with E-state index in [-0.39, 0.29) is 5.91 Å². The first-order chi connectivity index (χ1) is 15.2. The first-order valence-corrected chi connectivity index (χ1v) is 10.8. The molecule has 4 rings (SSSR count). The van der Waals surface area contributed by atoms with Crippen molar-refractivity contribution in [3.63, 3.8) is 0 Å². The van der Waals surface area contributed by atoms with E-state index in [1.807, 2.05) is 53.2 Å². The average molecular weight is 437 g/mol. The van der Waals surface area contributed by atoms with Gasteiger partial charge in [0.1, 0.15) is 21.7 Å². The van der Waals surface area contributed by atoms with Gasteiger partial charge in [0.05, 0.1) is 27.0 Å².